The third-order valence-corrected chi connectivity index (χ3v) is 2.72. The van der Waals surface area contributed by atoms with E-state index in [1.165, 1.54) is 31.1 Å². The summed E-state index contributed by atoms with van der Waals surface area (Å²) in [4.78, 5) is 11.3. The second-order valence-corrected chi connectivity index (χ2v) is 3.84. The minimum Gasteiger partial charge on any atom is -0.465 e. The van der Waals surface area contributed by atoms with E-state index in [1.807, 2.05) is 18.2 Å². The molecule has 14 heavy (non-hydrogen) atoms. The van der Waals surface area contributed by atoms with Gasteiger partial charge in [-0.3, -0.25) is 0 Å². The Hall–Kier alpha value is -1.31. The van der Waals surface area contributed by atoms with E-state index >= 15 is 0 Å². The maximum Gasteiger partial charge on any atom is 0.337 e. The highest BCUT2D eigenvalue weighted by Gasteiger charge is 2.25. The van der Waals surface area contributed by atoms with Crippen molar-refractivity contribution < 1.29 is 9.53 Å². The van der Waals surface area contributed by atoms with Crippen LogP contribution in [0.4, 0.5) is 0 Å². The van der Waals surface area contributed by atoms with Gasteiger partial charge in [-0.25, -0.2) is 4.79 Å². The number of methoxy groups -OCH3 is 1. The predicted octanol–water partition coefficient (Wildman–Crippen LogP) is 2.66. The first-order valence-corrected chi connectivity index (χ1v) is 4.91. The van der Waals surface area contributed by atoms with Crippen LogP contribution in [0.3, 0.4) is 0 Å². The monoisotopic (exact) mass is 190 g/mol. The molecule has 0 aromatic heterocycles. The minimum absolute atomic E-state index is 0.244. The van der Waals surface area contributed by atoms with Gasteiger partial charge in [0.05, 0.1) is 12.7 Å². The van der Waals surface area contributed by atoms with Crippen molar-refractivity contribution in [2.45, 2.75) is 25.7 Å². The van der Waals surface area contributed by atoms with Crippen LogP contribution in [-0.2, 0) is 4.74 Å². The van der Waals surface area contributed by atoms with Crippen molar-refractivity contribution in [1.29, 1.82) is 0 Å². The molecule has 2 rings (SSSR count). The molecule has 1 aliphatic rings. The summed E-state index contributed by atoms with van der Waals surface area (Å²) in [6.45, 7) is 2.09. The fraction of sp³-hybridized carbons (Fsp3) is 0.417. The third-order valence-electron chi connectivity index (χ3n) is 2.72. The number of hydrogen-bond donors (Lipinski definition) is 0. The Morgan fingerprint density at radius 1 is 1.43 bits per heavy atom. The normalized spacial score (nSPS) is 15.3. The lowest BCUT2D eigenvalue weighted by Crippen LogP contribution is -2.02. The summed E-state index contributed by atoms with van der Waals surface area (Å²) >= 11 is 0. The molecule has 74 valence electrons. The van der Waals surface area contributed by atoms with Crippen molar-refractivity contribution >= 4 is 5.97 Å². The van der Waals surface area contributed by atoms with Crippen molar-refractivity contribution in [2.75, 3.05) is 7.11 Å². The number of carbonyl (C=O) groups is 1. The smallest absolute Gasteiger partial charge is 0.337 e. The largest absolute Gasteiger partial charge is 0.465 e. The first-order valence-electron chi connectivity index (χ1n) is 4.91. The van der Waals surface area contributed by atoms with Gasteiger partial charge in [0, 0.05) is 0 Å². The van der Waals surface area contributed by atoms with Crippen LogP contribution in [0, 0.1) is 6.92 Å². The summed E-state index contributed by atoms with van der Waals surface area (Å²) in [5, 5.41) is 0. The topological polar surface area (TPSA) is 26.3 Å². The highest BCUT2D eigenvalue weighted by Crippen LogP contribution is 2.41. The second-order valence-electron chi connectivity index (χ2n) is 3.84. The van der Waals surface area contributed by atoms with E-state index in [2.05, 4.69) is 6.92 Å². The Labute approximate surface area is 83.9 Å². The molecule has 0 radical (unpaired) electrons. The number of ether oxygens (including phenoxy) is 1. The highest BCUT2D eigenvalue weighted by molar-refractivity contribution is 5.89. The van der Waals surface area contributed by atoms with E-state index < -0.39 is 0 Å². The van der Waals surface area contributed by atoms with E-state index in [9.17, 15) is 4.79 Å². The number of esters is 1. The SMILES string of the molecule is COC(=O)c1ccc(C)c(C2CC2)c1. The Morgan fingerprint density at radius 3 is 2.71 bits per heavy atom. The second kappa shape index (κ2) is 3.45. The number of benzene rings is 1. The van der Waals surface area contributed by atoms with Gasteiger partial charge >= 0.3 is 5.97 Å². The quantitative estimate of drug-likeness (QED) is 0.670. The summed E-state index contributed by atoms with van der Waals surface area (Å²) in [6, 6.07) is 5.80. The molecule has 1 fully saturated rings. The third kappa shape index (κ3) is 1.65. The van der Waals surface area contributed by atoms with Crippen LogP contribution in [0.15, 0.2) is 18.2 Å². The molecule has 0 aliphatic heterocycles. The van der Waals surface area contributed by atoms with Crippen LogP contribution in [0.1, 0.15) is 40.2 Å². The molecule has 0 bridgehead atoms. The van der Waals surface area contributed by atoms with E-state index in [0.717, 1.165) is 0 Å². The predicted molar refractivity (Wildman–Crippen MR) is 54.5 cm³/mol. The lowest BCUT2D eigenvalue weighted by Gasteiger charge is -2.06. The molecule has 0 saturated heterocycles. The molecule has 1 aromatic carbocycles. The molecule has 0 unspecified atom stereocenters. The zero-order chi connectivity index (χ0) is 10.1. The number of hydrogen-bond acceptors (Lipinski definition) is 2. The van der Waals surface area contributed by atoms with Crippen LogP contribution >= 0.6 is 0 Å². The van der Waals surface area contributed by atoms with Crippen molar-refractivity contribution in [3.05, 3.63) is 34.9 Å². The van der Waals surface area contributed by atoms with Crippen LogP contribution in [0.25, 0.3) is 0 Å². The van der Waals surface area contributed by atoms with Crippen molar-refractivity contribution in [3.8, 4) is 0 Å². The van der Waals surface area contributed by atoms with Gasteiger partial charge in [0.1, 0.15) is 0 Å². The summed E-state index contributed by atoms with van der Waals surface area (Å²) in [7, 11) is 1.42. The molecule has 2 heteroatoms. The van der Waals surface area contributed by atoms with Crippen LogP contribution < -0.4 is 0 Å². The molecule has 0 spiro atoms. The van der Waals surface area contributed by atoms with Crippen LogP contribution in [-0.4, -0.2) is 13.1 Å². The number of carbonyl (C=O) groups excluding carboxylic acids is 1. The first-order chi connectivity index (χ1) is 6.72. The average Bonchev–Trinajstić information content (AvgIpc) is 3.01. The van der Waals surface area contributed by atoms with Crippen LogP contribution in [0.5, 0.6) is 0 Å². The Kier molecular flexibility index (Phi) is 2.28. The van der Waals surface area contributed by atoms with Crippen molar-refractivity contribution in [2.24, 2.45) is 0 Å². The average molecular weight is 190 g/mol. The van der Waals surface area contributed by atoms with Gasteiger partial charge in [-0.05, 0) is 48.9 Å². The molecule has 0 atom stereocenters. The number of rotatable bonds is 2. The molecule has 1 aliphatic carbocycles. The van der Waals surface area contributed by atoms with Gasteiger partial charge in [0.25, 0.3) is 0 Å². The highest BCUT2D eigenvalue weighted by atomic mass is 16.5. The molecular formula is C12H14O2. The molecule has 2 nitrogen and oxygen atoms in total. The lowest BCUT2D eigenvalue weighted by atomic mass is 10.0. The molecule has 0 heterocycles. The molecule has 0 N–H and O–H groups in total. The van der Waals surface area contributed by atoms with E-state index in [1.54, 1.807) is 0 Å². The fourth-order valence-electron chi connectivity index (χ4n) is 1.72. The van der Waals surface area contributed by atoms with Gasteiger partial charge < -0.3 is 4.74 Å². The van der Waals surface area contributed by atoms with E-state index in [4.69, 9.17) is 4.74 Å². The minimum atomic E-state index is -0.244. The van der Waals surface area contributed by atoms with Crippen LogP contribution in [0.2, 0.25) is 0 Å². The van der Waals surface area contributed by atoms with Gasteiger partial charge in [-0.15, -0.1) is 0 Å². The zero-order valence-electron chi connectivity index (χ0n) is 8.54. The van der Waals surface area contributed by atoms with Crippen molar-refractivity contribution in [1.82, 2.24) is 0 Å². The van der Waals surface area contributed by atoms with Gasteiger partial charge in [-0.1, -0.05) is 6.07 Å². The van der Waals surface area contributed by atoms with Crippen molar-refractivity contribution in [3.63, 3.8) is 0 Å². The molecule has 0 amide bonds. The summed E-state index contributed by atoms with van der Waals surface area (Å²) in [6.07, 6.45) is 2.51. The lowest BCUT2D eigenvalue weighted by molar-refractivity contribution is 0.0600. The maximum absolute atomic E-state index is 11.3. The first kappa shape index (κ1) is 9.25. The molecular weight excluding hydrogens is 176 g/mol. The molecule has 1 saturated carbocycles. The summed E-state index contributed by atoms with van der Waals surface area (Å²) in [5.74, 6) is 0.437. The zero-order valence-corrected chi connectivity index (χ0v) is 8.54. The van der Waals surface area contributed by atoms with E-state index in [-0.39, 0.29) is 5.97 Å². The van der Waals surface area contributed by atoms with Gasteiger partial charge in [0.15, 0.2) is 0 Å². The Balaban J connectivity index is 2.35. The standard InChI is InChI=1S/C12H14O2/c1-8-3-4-10(12(13)14-2)7-11(8)9-5-6-9/h3-4,7,9H,5-6H2,1-2H3. The fourth-order valence-corrected chi connectivity index (χ4v) is 1.72. The summed E-state index contributed by atoms with van der Waals surface area (Å²) in [5.41, 5.74) is 3.26. The summed E-state index contributed by atoms with van der Waals surface area (Å²) < 4.78 is 4.69. The Morgan fingerprint density at radius 2 is 2.14 bits per heavy atom. The Bertz CT molecular complexity index is 365. The molecule has 1 aromatic rings. The van der Waals surface area contributed by atoms with E-state index in [0.29, 0.717) is 11.5 Å². The van der Waals surface area contributed by atoms with Gasteiger partial charge in [0.2, 0.25) is 0 Å². The van der Waals surface area contributed by atoms with Gasteiger partial charge in [-0.2, -0.15) is 0 Å². The number of aryl methyl sites for hydroxylation is 1. The maximum atomic E-state index is 11.3.